The molecule has 1 heterocycles. The van der Waals surface area contributed by atoms with E-state index in [2.05, 4.69) is 5.32 Å². The van der Waals surface area contributed by atoms with Crippen LogP contribution < -0.4 is 5.32 Å². The molecule has 2 aromatic rings. The molecule has 1 atom stereocenters. The molecule has 5 heteroatoms. The SMILES string of the molecule is Cc1cc2c(cc1O)NC(=O)CC2c1c(F)cccc1Cl. The number of carbonyl (C=O) groups excluding carboxylic acids is 1. The monoisotopic (exact) mass is 305 g/mol. The fraction of sp³-hybridized carbons (Fsp3) is 0.188. The van der Waals surface area contributed by atoms with Crippen molar-refractivity contribution in [3.8, 4) is 5.75 Å². The molecule has 0 aliphatic carbocycles. The summed E-state index contributed by atoms with van der Waals surface area (Å²) in [6.45, 7) is 1.76. The maximum Gasteiger partial charge on any atom is 0.225 e. The lowest BCUT2D eigenvalue weighted by Gasteiger charge is -2.27. The highest BCUT2D eigenvalue weighted by atomic mass is 35.5. The predicted octanol–water partition coefficient (Wildman–Crippen LogP) is 3.97. The van der Waals surface area contributed by atoms with E-state index in [1.54, 1.807) is 19.1 Å². The van der Waals surface area contributed by atoms with Crippen molar-refractivity contribution in [2.75, 3.05) is 5.32 Å². The molecule has 0 saturated heterocycles. The zero-order valence-corrected chi connectivity index (χ0v) is 12.0. The number of fused-ring (bicyclic) bond motifs is 1. The Morgan fingerprint density at radius 2 is 2.14 bits per heavy atom. The number of benzene rings is 2. The molecule has 0 saturated carbocycles. The molecule has 2 N–H and O–H groups in total. The average Bonchev–Trinajstić information content (AvgIpc) is 2.40. The first-order chi connectivity index (χ1) is 9.97. The van der Waals surface area contributed by atoms with Gasteiger partial charge in [-0.1, -0.05) is 17.7 Å². The van der Waals surface area contributed by atoms with Gasteiger partial charge >= 0.3 is 0 Å². The number of rotatable bonds is 1. The van der Waals surface area contributed by atoms with Crippen molar-refractivity contribution in [3.05, 3.63) is 57.9 Å². The summed E-state index contributed by atoms with van der Waals surface area (Å²) in [5, 5.41) is 12.8. The van der Waals surface area contributed by atoms with E-state index in [4.69, 9.17) is 11.6 Å². The summed E-state index contributed by atoms with van der Waals surface area (Å²) in [5.74, 6) is -1.02. The lowest BCUT2D eigenvalue weighted by molar-refractivity contribution is -0.116. The molecule has 1 aliphatic heterocycles. The minimum atomic E-state index is -0.457. The topological polar surface area (TPSA) is 49.3 Å². The van der Waals surface area contributed by atoms with Gasteiger partial charge in [0.25, 0.3) is 0 Å². The van der Waals surface area contributed by atoms with Crippen molar-refractivity contribution in [2.45, 2.75) is 19.3 Å². The Labute approximate surface area is 126 Å². The summed E-state index contributed by atoms with van der Waals surface area (Å²) >= 11 is 6.13. The predicted molar refractivity (Wildman–Crippen MR) is 79.3 cm³/mol. The van der Waals surface area contributed by atoms with Crippen molar-refractivity contribution in [1.29, 1.82) is 0 Å². The number of amides is 1. The van der Waals surface area contributed by atoms with Crippen molar-refractivity contribution in [3.63, 3.8) is 0 Å². The third-order valence-electron chi connectivity index (χ3n) is 3.76. The smallest absolute Gasteiger partial charge is 0.225 e. The van der Waals surface area contributed by atoms with Gasteiger partial charge in [0.1, 0.15) is 11.6 Å². The first-order valence-corrected chi connectivity index (χ1v) is 6.92. The Balaban J connectivity index is 2.22. The molecule has 2 aromatic carbocycles. The maximum atomic E-state index is 14.2. The molecule has 3 nitrogen and oxygen atoms in total. The van der Waals surface area contributed by atoms with Gasteiger partial charge < -0.3 is 10.4 Å². The minimum absolute atomic E-state index is 0.0920. The second kappa shape index (κ2) is 5.04. The van der Waals surface area contributed by atoms with Crippen LogP contribution in [0.2, 0.25) is 5.02 Å². The van der Waals surface area contributed by atoms with Crippen LogP contribution in [0.4, 0.5) is 10.1 Å². The van der Waals surface area contributed by atoms with Gasteiger partial charge in [-0.05, 0) is 36.2 Å². The van der Waals surface area contributed by atoms with Gasteiger partial charge in [0.05, 0.1) is 0 Å². The second-order valence-electron chi connectivity index (χ2n) is 5.17. The Morgan fingerprint density at radius 3 is 2.86 bits per heavy atom. The van der Waals surface area contributed by atoms with Gasteiger partial charge in [-0.15, -0.1) is 0 Å². The summed E-state index contributed by atoms with van der Waals surface area (Å²) in [6, 6.07) is 7.73. The second-order valence-corrected chi connectivity index (χ2v) is 5.57. The van der Waals surface area contributed by atoms with Crippen LogP contribution in [0.1, 0.15) is 29.0 Å². The van der Waals surface area contributed by atoms with Gasteiger partial charge in [-0.25, -0.2) is 4.39 Å². The van der Waals surface area contributed by atoms with Crippen LogP contribution in [0.15, 0.2) is 30.3 Å². The summed E-state index contributed by atoms with van der Waals surface area (Å²) in [5.41, 5.74) is 2.25. The molecular formula is C16H13ClFNO2. The van der Waals surface area contributed by atoms with Crippen LogP contribution in [0.25, 0.3) is 0 Å². The van der Waals surface area contributed by atoms with Gasteiger partial charge in [-0.3, -0.25) is 4.79 Å². The van der Waals surface area contributed by atoms with Crippen molar-refractivity contribution >= 4 is 23.2 Å². The van der Waals surface area contributed by atoms with Crippen molar-refractivity contribution < 1.29 is 14.3 Å². The number of phenolic OH excluding ortho intramolecular Hbond substituents is 1. The number of halogens is 2. The van der Waals surface area contributed by atoms with Gasteiger partial charge in [0.2, 0.25) is 5.91 Å². The van der Waals surface area contributed by atoms with E-state index < -0.39 is 11.7 Å². The number of aryl methyl sites for hydroxylation is 1. The van der Waals surface area contributed by atoms with E-state index in [1.165, 1.54) is 18.2 Å². The highest BCUT2D eigenvalue weighted by Gasteiger charge is 2.30. The highest BCUT2D eigenvalue weighted by molar-refractivity contribution is 6.31. The largest absolute Gasteiger partial charge is 0.508 e. The maximum absolute atomic E-state index is 14.2. The molecule has 0 bridgehead atoms. The van der Waals surface area contributed by atoms with E-state index in [0.29, 0.717) is 21.8 Å². The molecule has 1 amide bonds. The van der Waals surface area contributed by atoms with Crippen LogP contribution in [-0.2, 0) is 4.79 Å². The molecule has 0 fully saturated rings. The fourth-order valence-electron chi connectivity index (χ4n) is 2.71. The number of anilines is 1. The third kappa shape index (κ3) is 2.36. The number of hydrogen-bond donors (Lipinski definition) is 2. The lowest BCUT2D eigenvalue weighted by Crippen LogP contribution is -2.24. The van der Waals surface area contributed by atoms with E-state index in [9.17, 15) is 14.3 Å². The molecule has 0 spiro atoms. The summed E-state index contributed by atoms with van der Waals surface area (Å²) in [6.07, 6.45) is 0.123. The average molecular weight is 306 g/mol. The molecule has 0 aromatic heterocycles. The number of hydrogen-bond acceptors (Lipinski definition) is 2. The summed E-state index contributed by atoms with van der Waals surface area (Å²) < 4.78 is 14.2. The zero-order valence-electron chi connectivity index (χ0n) is 11.3. The first kappa shape index (κ1) is 13.9. The molecular weight excluding hydrogens is 293 g/mol. The molecule has 21 heavy (non-hydrogen) atoms. The van der Waals surface area contributed by atoms with E-state index in [-0.39, 0.29) is 18.1 Å². The molecule has 3 rings (SSSR count). The van der Waals surface area contributed by atoms with Crippen molar-refractivity contribution in [2.24, 2.45) is 0 Å². The summed E-state index contributed by atoms with van der Waals surface area (Å²) in [4.78, 5) is 11.9. The Bertz CT molecular complexity index is 725. The Morgan fingerprint density at radius 1 is 1.38 bits per heavy atom. The Kier molecular flexibility index (Phi) is 3.33. The lowest BCUT2D eigenvalue weighted by atomic mass is 9.83. The van der Waals surface area contributed by atoms with E-state index in [1.807, 2.05) is 0 Å². The fourth-order valence-corrected chi connectivity index (χ4v) is 3.01. The highest BCUT2D eigenvalue weighted by Crippen LogP contribution is 2.42. The van der Waals surface area contributed by atoms with Crippen LogP contribution >= 0.6 is 11.6 Å². The number of aromatic hydroxyl groups is 1. The molecule has 108 valence electrons. The van der Waals surface area contributed by atoms with Gasteiger partial charge in [0, 0.05) is 34.7 Å². The van der Waals surface area contributed by atoms with E-state index in [0.717, 1.165) is 5.56 Å². The third-order valence-corrected chi connectivity index (χ3v) is 4.08. The number of nitrogens with one attached hydrogen (secondary N) is 1. The van der Waals surface area contributed by atoms with Crippen LogP contribution in [0, 0.1) is 12.7 Å². The van der Waals surface area contributed by atoms with Crippen LogP contribution in [0.5, 0.6) is 5.75 Å². The van der Waals surface area contributed by atoms with Gasteiger partial charge in [-0.2, -0.15) is 0 Å². The molecule has 1 unspecified atom stereocenters. The van der Waals surface area contributed by atoms with Crippen LogP contribution in [0.3, 0.4) is 0 Å². The minimum Gasteiger partial charge on any atom is -0.508 e. The Hall–Kier alpha value is -2.07. The quantitative estimate of drug-likeness (QED) is 0.837. The number of carbonyl (C=O) groups is 1. The van der Waals surface area contributed by atoms with Gasteiger partial charge in [0.15, 0.2) is 0 Å². The molecule has 1 aliphatic rings. The normalized spacial score (nSPS) is 17.3. The molecule has 0 radical (unpaired) electrons. The zero-order chi connectivity index (χ0) is 15.1. The standard InChI is InChI=1S/C16H13ClFNO2/c1-8-5-9-10(16-11(17)3-2-4-12(16)18)6-15(21)19-13(9)7-14(8)20/h2-5,7,10,20H,6H2,1H3,(H,19,21). The van der Waals surface area contributed by atoms with E-state index >= 15 is 0 Å². The number of phenols is 1. The van der Waals surface area contributed by atoms with Crippen molar-refractivity contribution in [1.82, 2.24) is 0 Å². The first-order valence-electron chi connectivity index (χ1n) is 6.54. The summed E-state index contributed by atoms with van der Waals surface area (Å²) in [7, 11) is 0. The van der Waals surface area contributed by atoms with Crippen LogP contribution in [-0.4, -0.2) is 11.0 Å².